The van der Waals surface area contributed by atoms with E-state index >= 15 is 0 Å². The number of H-pyrrole nitrogens is 1. The molecule has 0 saturated heterocycles. The molecule has 0 fully saturated rings. The van der Waals surface area contributed by atoms with Crippen LogP contribution >= 0.6 is 0 Å². The van der Waals surface area contributed by atoms with E-state index in [2.05, 4.69) is 15.5 Å². The van der Waals surface area contributed by atoms with Gasteiger partial charge in [0.15, 0.2) is 0 Å². The van der Waals surface area contributed by atoms with E-state index in [9.17, 15) is 4.79 Å². The first-order chi connectivity index (χ1) is 9.49. The highest BCUT2D eigenvalue weighted by Crippen LogP contribution is 2.17. The maximum atomic E-state index is 11.0. The molecule has 0 aliphatic rings. The highest BCUT2D eigenvalue weighted by atomic mass is 16.4. The second-order valence-corrected chi connectivity index (χ2v) is 5.44. The third-order valence-electron chi connectivity index (χ3n) is 3.16. The first-order valence-corrected chi connectivity index (χ1v) is 6.53. The van der Waals surface area contributed by atoms with Gasteiger partial charge in [0, 0.05) is 24.3 Å². The highest BCUT2D eigenvalue weighted by Gasteiger charge is 2.26. The summed E-state index contributed by atoms with van der Waals surface area (Å²) in [7, 11) is 0. The number of nitrogens with one attached hydrogen (secondary N) is 2. The SMILES string of the molecule is CC(C)(CNCc1cc(-c2ccccc2)n[nH]1)C(=O)O. The summed E-state index contributed by atoms with van der Waals surface area (Å²) in [5.41, 5.74) is 2.10. The van der Waals surface area contributed by atoms with Crippen LogP contribution < -0.4 is 5.32 Å². The molecule has 0 atom stereocenters. The van der Waals surface area contributed by atoms with Gasteiger partial charge in [0.1, 0.15) is 0 Å². The Hall–Kier alpha value is -2.14. The number of benzene rings is 1. The number of nitrogens with zero attached hydrogens (tertiary/aromatic N) is 1. The molecule has 0 saturated carbocycles. The van der Waals surface area contributed by atoms with E-state index in [1.165, 1.54) is 0 Å². The second kappa shape index (κ2) is 5.88. The predicted octanol–water partition coefficient (Wildman–Crippen LogP) is 2.28. The Labute approximate surface area is 118 Å². The number of hydrogen-bond donors (Lipinski definition) is 3. The zero-order valence-electron chi connectivity index (χ0n) is 11.7. The average Bonchev–Trinajstić information content (AvgIpc) is 2.88. The van der Waals surface area contributed by atoms with Crippen LogP contribution in [-0.4, -0.2) is 27.8 Å². The normalized spacial score (nSPS) is 11.5. The third-order valence-corrected chi connectivity index (χ3v) is 3.16. The molecule has 1 aromatic heterocycles. The molecule has 5 heteroatoms. The van der Waals surface area contributed by atoms with Gasteiger partial charge in [0.25, 0.3) is 0 Å². The topological polar surface area (TPSA) is 78.0 Å². The zero-order valence-corrected chi connectivity index (χ0v) is 11.7. The molecule has 0 aliphatic carbocycles. The minimum Gasteiger partial charge on any atom is -0.481 e. The largest absolute Gasteiger partial charge is 0.481 e. The van der Waals surface area contributed by atoms with Crippen LogP contribution in [0.5, 0.6) is 0 Å². The molecule has 1 aromatic carbocycles. The van der Waals surface area contributed by atoms with Gasteiger partial charge in [-0.1, -0.05) is 30.3 Å². The van der Waals surface area contributed by atoms with Crippen molar-refractivity contribution < 1.29 is 9.90 Å². The third kappa shape index (κ3) is 3.45. The van der Waals surface area contributed by atoms with E-state index in [1.807, 2.05) is 36.4 Å². The molecule has 5 nitrogen and oxygen atoms in total. The number of aromatic amines is 1. The van der Waals surface area contributed by atoms with Gasteiger partial charge in [0.05, 0.1) is 11.1 Å². The summed E-state index contributed by atoms with van der Waals surface area (Å²) in [6.45, 7) is 4.37. The molecule has 106 valence electrons. The van der Waals surface area contributed by atoms with Gasteiger partial charge in [0.2, 0.25) is 0 Å². The van der Waals surface area contributed by atoms with E-state index in [-0.39, 0.29) is 0 Å². The van der Waals surface area contributed by atoms with Crippen molar-refractivity contribution in [2.75, 3.05) is 6.54 Å². The predicted molar refractivity (Wildman–Crippen MR) is 77.1 cm³/mol. The molecule has 0 unspecified atom stereocenters. The molecule has 0 radical (unpaired) electrons. The van der Waals surface area contributed by atoms with Gasteiger partial charge in [-0.2, -0.15) is 5.10 Å². The van der Waals surface area contributed by atoms with Crippen molar-refractivity contribution in [3.05, 3.63) is 42.1 Å². The molecule has 1 heterocycles. The Bertz CT molecular complexity index is 576. The van der Waals surface area contributed by atoms with E-state index in [0.717, 1.165) is 17.0 Å². The molecule has 20 heavy (non-hydrogen) atoms. The molecule has 0 spiro atoms. The Kier molecular flexibility index (Phi) is 4.20. The molecule has 3 N–H and O–H groups in total. The van der Waals surface area contributed by atoms with Crippen LogP contribution in [0.2, 0.25) is 0 Å². The summed E-state index contributed by atoms with van der Waals surface area (Å²) in [6, 6.07) is 11.9. The van der Waals surface area contributed by atoms with Crippen LogP contribution in [0.1, 0.15) is 19.5 Å². The van der Waals surface area contributed by atoms with Gasteiger partial charge >= 0.3 is 5.97 Å². The fraction of sp³-hybridized carbons (Fsp3) is 0.333. The van der Waals surface area contributed by atoms with Gasteiger partial charge in [-0.25, -0.2) is 0 Å². The summed E-state index contributed by atoms with van der Waals surface area (Å²) in [6.07, 6.45) is 0. The minimum absolute atomic E-state index is 0.405. The van der Waals surface area contributed by atoms with E-state index in [4.69, 9.17) is 5.11 Å². The van der Waals surface area contributed by atoms with Crippen molar-refractivity contribution in [3.8, 4) is 11.3 Å². The number of rotatable bonds is 6. The van der Waals surface area contributed by atoms with Gasteiger partial charge in [-0.05, 0) is 19.9 Å². The van der Waals surface area contributed by atoms with Gasteiger partial charge < -0.3 is 10.4 Å². The summed E-state index contributed by atoms with van der Waals surface area (Å²) >= 11 is 0. The van der Waals surface area contributed by atoms with Gasteiger partial charge in [-0.3, -0.25) is 9.89 Å². The molecule has 0 aliphatic heterocycles. The van der Waals surface area contributed by atoms with Crippen LogP contribution in [0.4, 0.5) is 0 Å². The fourth-order valence-electron chi connectivity index (χ4n) is 1.79. The maximum Gasteiger partial charge on any atom is 0.310 e. The van der Waals surface area contributed by atoms with E-state index in [0.29, 0.717) is 13.1 Å². The van der Waals surface area contributed by atoms with Crippen molar-refractivity contribution in [1.29, 1.82) is 0 Å². The fourth-order valence-corrected chi connectivity index (χ4v) is 1.79. The number of hydrogen-bond acceptors (Lipinski definition) is 3. The monoisotopic (exact) mass is 273 g/mol. The Morgan fingerprint density at radius 3 is 2.70 bits per heavy atom. The smallest absolute Gasteiger partial charge is 0.310 e. The highest BCUT2D eigenvalue weighted by molar-refractivity contribution is 5.73. The molecular weight excluding hydrogens is 254 g/mol. The Morgan fingerprint density at radius 1 is 1.35 bits per heavy atom. The number of carboxylic acids is 1. The lowest BCUT2D eigenvalue weighted by Gasteiger charge is -2.19. The van der Waals surface area contributed by atoms with E-state index in [1.54, 1.807) is 13.8 Å². The van der Waals surface area contributed by atoms with Crippen molar-refractivity contribution in [3.63, 3.8) is 0 Å². The second-order valence-electron chi connectivity index (χ2n) is 5.44. The Morgan fingerprint density at radius 2 is 2.05 bits per heavy atom. The van der Waals surface area contributed by atoms with Crippen molar-refractivity contribution >= 4 is 5.97 Å². The average molecular weight is 273 g/mol. The lowest BCUT2D eigenvalue weighted by Crippen LogP contribution is -2.35. The first kappa shape index (κ1) is 14.3. The van der Waals surface area contributed by atoms with Crippen LogP contribution in [0.3, 0.4) is 0 Å². The molecule has 0 bridgehead atoms. The van der Waals surface area contributed by atoms with E-state index < -0.39 is 11.4 Å². The lowest BCUT2D eigenvalue weighted by atomic mass is 9.94. The van der Waals surface area contributed by atoms with Crippen molar-refractivity contribution in [2.24, 2.45) is 5.41 Å². The van der Waals surface area contributed by atoms with Crippen molar-refractivity contribution in [2.45, 2.75) is 20.4 Å². The molecule has 0 amide bonds. The minimum atomic E-state index is -0.806. The standard InChI is InChI=1S/C15H19N3O2/c1-15(2,14(19)20)10-16-9-12-8-13(18-17-12)11-6-4-3-5-7-11/h3-8,16H,9-10H2,1-2H3,(H,17,18)(H,19,20). The number of carboxylic acid groups (broad SMARTS) is 1. The van der Waals surface area contributed by atoms with Gasteiger partial charge in [-0.15, -0.1) is 0 Å². The summed E-state index contributed by atoms with van der Waals surface area (Å²) < 4.78 is 0. The molecular formula is C15H19N3O2. The Balaban J connectivity index is 1.93. The lowest BCUT2D eigenvalue weighted by molar-refractivity contribution is -0.146. The molecule has 2 rings (SSSR count). The van der Waals surface area contributed by atoms with Crippen LogP contribution in [0.25, 0.3) is 11.3 Å². The first-order valence-electron chi connectivity index (χ1n) is 6.53. The zero-order chi connectivity index (χ0) is 14.6. The number of carbonyl (C=O) groups is 1. The summed E-state index contributed by atoms with van der Waals surface area (Å²) in [4.78, 5) is 11.0. The van der Waals surface area contributed by atoms with Crippen molar-refractivity contribution in [1.82, 2.24) is 15.5 Å². The van der Waals surface area contributed by atoms with Crippen LogP contribution in [0.15, 0.2) is 36.4 Å². The van der Waals surface area contributed by atoms with Crippen LogP contribution in [0, 0.1) is 5.41 Å². The number of aliphatic carboxylic acids is 1. The number of aromatic nitrogens is 2. The molecule has 2 aromatic rings. The summed E-state index contributed by atoms with van der Waals surface area (Å²) in [5, 5.41) is 19.4. The van der Waals surface area contributed by atoms with Crippen LogP contribution in [-0.2, 0) is 11.3 Å². The quantitative estimate of drug-likeness (QED) is 0.754. The maximum absolute atomic E-state index is 11.0. The summed E-state index contributed by atoms with van der Waals surface area (Å²) in [5.74, 6) is -0.806.